The fourth-order valence-corrected chi connectivity index (χ4v) is 3.79. The molecule has 156 valence electrons. The maximum absolute atomic E-state index is 12.2. The van der Waals surface area contributed by atoms with Gasteiger partial charge in [-0.2, -0.15) is 0 Å². The van der Waals surface area contributed by atoms with Gasteiger partial charge in [-0.05, 0) is 24.6 Å². The van der Waals surface area contributed by atoms with Crippen LogP contribution in [0.2, 0.25) is 0 Å². The van der Waals surface area contributed by atoms with E-state index >= 15 is 0 Å². The van der Waals surface area contributed by atoms with Gasteiger partial charge in [0.1, 0.15) is 5.56 Å². The monoisotopic (exact) mass is 428 g/mol. The van der Waals surface area contributed by atoms with Crippen LogP contribution >= 0.6 is 11.3 Å². The third-order valence-electron chi connectivity index (χ3n) is 4.35. The second kappa shape index (κ2) is 9.36. The summed E-state index contributed by atoms with van der Waals surface area (Å²) in [7, 11) is 2.96. The lowest BCUT2D eigenvalue weighted by Crippen LogP contribution is -2.08. The number of ether oxygens (including phenoxy) is 3. The number of methoxy groups -OCH3 is 2. The van der Waals surface area contributed by atoms with E-state index in [1.165, 1.54) is 37.7 Å². The van der Waals surface area contributed by atoms with Crippen LogP contribution < -0.4 is 9.47 Å². The number of rotatable bonds is 8. The van der Waals surface area contributed by atoms with Gasteiger partial charge in [-0.3, -0.25) is 10.1 Å². The number of benzene rings is 2. The molecular formula is C21H20N2O6S. The summed E-state index contributed by atoms with van der Waals surface area (Å²) in [6.45, 7) is 1.99. The molecule has 3 aromatic rings. The molecule has 9 heteroatoms. The van der Waals surface area contributed by atoms with E-state index in [9.17, 15) is 14.9 Å². The minimum absolute atomic E-state index is 0.0529. The van der Waals surface area contributed by atoms with Gasteiger partial charge in [0, 0.05) is 29.5 Å². The largest absolute Gasteiger partial charge is 0.492 e. The number of hydrogen-bond acceptors (Lipinski definition) is 8. The van der Waals surface area contributed by atoms with Gasteiger partial charge in [-0.25, -0.2) is 9.78 Å². The molecule has 0 saturated carbocycles. The van der Waals surface area contributed by atoms with Gasteiger partial charge in [-0.1, -0.05) is 12.1 Å². The highest BCUT2D eigenvalue weighted by molar-refractivity contribution is 7.10. The molecule has 0 saturated heterocycles. The number of carbonyl (C=O) groups is 1. The highest BCUT2D eigenvalue weighted by Crippen LogP contribution is 2.41. The Labute approximate surface area is 177 Å². The minimum Gasteiger partial charge on any atom is -0.492 e. The first kappa shape index (κ1) is 21.3. The fraction of sp³-hybridized carbons (Fsp3) is 0.238. The van der Waals surface area contributed by atoms with Crippen LogP contribution in [-0.4, -0.2) is 36.7 Å². The van der Waals surface area contributed by atoms with Gasteiger partial charge in [0.05, 0.1) is 36.5 Å². The molecule has 0 atom stereocenters. The summed E-state index contributed by atoms with van der Waals surface area (Å²) in [6, 6.07) is 9.77. The van der Waals surface area contributed by atoms with Crippen molar-refractivity contribution in [3.63, 3.8) is 0 Å². The van der Waals surface area contributed by atoms with Crippen LogP contribution in [0.4, 0.5) is 5.69 Å². The van der Waals surface area contributed by atoms with E-state index in [-0.39, 0.29) is 17.9 Å². The van der Waals surface area contributed by atoms with E-state index in [1.54, 1.807) is 31.2 Å². The number of non-ortho nitro benzene ring substituents is 1. The van der Waals surface area contributed by atoms with Crippen molar-refractivity contribution >= 4 is 23.0 Å². The number of carbonyl (C=O) groups excluding carboxylic acids is 1. The first-order valence-electron chi connectivity index (χ1n) is 9.08. The number of esters is 1. The zero-order chi connectivity index (χ0) is 21.7. The van der Waals surface area contributed by atoms with Crippen LogP contribution in [0.3, 0.4) is 0 Å². The molecule has 1 aromatic heterocycles. The number of hydrogen-bond donors (Lipinski definition) is 0. The molecule has 8 nitrogen and oxygen atoms in total. The second-order valence-corrected chi connectivity index (χ2v) is 7.12. The maximum atomic E-state index is 12.2. The molecule has 0 fully saturated rings. The number of nitrogens with zero attached hydrogens (tertiary/aromatic N) is 2. The molecule has 0 aliphatic rings. The van der Waals surface area contributed by atoms with Gasteiger partial charge in [0.2, 0.25) is 0 Å². The lowest BCUT2D eigenvalue weighted by atomic mass is 10.1. The predicted molar refractivity (Wildman–Crippen MR) is 113 cm³/mol. The molecule has 2 aromatic carbocycles. The van der Waals surface area contributed by atoms with E-state index < -0.39 is 10.9 Å². The van der Waals surface area contributed by atoms with Crippen molar-refractivity contribution in [2.45, 2.75) is 13.3 Å². The van der Waals surface area contributed by atoms with Crippen LogP contribution in [-0.2, 0) is 11.2 Å². The first-order valence-corrected chi connectivity index (χ1v) is 9.96. The molecular weight excluding hydrogens is 408 g/mol. The summed E-state index contributed by atoms with van der Waals surface area (Å²) >= 11 is 1.47. The molecule has 1 heterocycles. The van der Waals surface area contributed by atoms with E-state index in [2.05, 4.69) is 4.98 Å². The molecule has 0 aliphatic carbocycles. The summed E-state index contributed by atoms with van der Waals surface area (Å²) < 4.78 is 16.0. The van der Waals surface area contributed by atoms with Crippen molar-refractivity contribution in [2.75, 3.05) is 20.8 Å². The van der Waals surface area contributed by atoms with Crippen LogP contribution in [0.5, 0.6) is 11.5 Å². The Kier molecular flexibility index (Phi) is 6.63. The minimum atomic E-state index is -0.490. The van der Waals surface area contributed by atoms with Gasteiger partial charge >= 0.3 is 5.97 Å². The van der Waals surface area contributed by atoms with Gasteiger partial charge in [0.15, 0.2) is 11.5 Å². The van der Waals surface area contributed by atoms with Crippen LogP contribution in [0.15, 0.2) is 41.8 Å². The average molecular weight is 428 g/mol. The molecule has 30 heavy (non-hydrogen) atoms. The Morgan fingerprint density at radius 1 is 1.10 bits per heavy atom. The zero-order valence-electron chi connectivity index (χ0n) is 16.7. The van der Waals surface area contributed by atoms with Crippen molar-refractivity contribution in [1.29, 1.82) is 0 Å². The van der Waals surface area contributed by atoms with E-state index in [1.807, 2.05) is 5.38 Å². The van der Waals surface area contributed by atoms with Gasteiger partial charge in [-0.15, -0.1) is 11.3 Å². The SMILES string of the molecule is CCOC(=O)c1ccc(-c2csc(Cc3ccc([N+](=O)[O-])cc3)n2)c(OC)c1OC. The third-order valence-corrected chi connectivity index (χ3v) is 5.19. The summed E-state index contributed by atoms with van der Waals surface area (Å²) in [4.78, 5) is 27.2. The van der Waals surface area contributed by atoms with Crippen LogP contribution in [0, 0.1) is 10.1 Å². The van der Waals surface area contributed by atoms with Gasteiger partial charge < -0.3 is 14.2 Å². The predicted octanol–water partition coefficient (Wildman–Crippen LogP) is 4.50. The molecule has 0 radical (unpaired) electrons. The summed E-state index contributed by atoms with van der Waals surface area (Å²) in [5.74, 6) is 0.199. The second-order valence-electron chi connectivity index (χ2n) is 6.17. The molecule has 0 unspecified atom stereocenters. The van der Waals surface area contributed by atoms with Crippen LogP contribution in [0.25, 0.3) is 11.3 Å². The first-order chi connectivity index (χ1) is 14.5. The Hall–Kier alpha value is -3.46. The lowest BCUT2D eigenvalue weighted by Gasteiger charge is -2.15. The summed E-state index contributed by atoms with van der Waals surface area (Å²) in [5.41, 5.74) is 2.62. The Balaban J connectivity index is 1.90. The molecule has 0 N–H and O–H groups in total. The molecule has 0 aliphatic heterocycles. The van der Waals surface area contributed by atoms with Crippen molar-refractivity contribution in [1.82, 2.24) is 4.98 Å². The topological polar surface area (TPSA) is 101 Å². The maximum Gasteiger partial charge on any atom is 0.342 e. The van der Waals surface area contributed by atoms with E-state index in [4.69, 9.17) is 14.2 Å². The van der Waals surface area contributed by atoms with Crippen molar-refractivity contribution in [3.8, 4) is 22.8 Å². The third kappa shape index (κ3) is 4.41. The molecule has 0 amide bonds. The van der Waals surface area contributed by atoms with E-state index in [0.717, 1.165) is 10.6 Å². The molecule has 3 rings (SSSR count). The normalized spacial score (nSPS) is 10.5. The van der Waals surface area contributed by atoms with Crippen LogP contribution in [0.1, 0.15) is 27.9 Å². The van der Waals surface area contributed by atoms with E-state index in [0.29, 0.717) is 29.2 Å². The highest BCUT2D eigenvalue weighted by atomic mass is 32.1. The Morgan fingerprint density at radius 3 is 2.40 bits per heavy atom. The quantitative estimate of drug-likeness (QED) is 0.296. The highest BCUT2D eigenvalue weighted by Gasteiger charge is 2.22. The van der Waals surface area contributed by atoms with Crippen molar-refractivity contribution < 1.29 is 23.9 Å². The zero-order valence-corrected chi connectivity index (χ0v) is 17.5. The Morgan fingerprint density at radius 2 is 1.80 bits per heavy atom. The molecule has 0 bridgehead atoms. The summed E-state index contributed by atoms with van der Waals surface area (Å²) in [6.07, 6.45) is 0.545. The summed E-state index contributed by atoms with van der Waals surface area (Å²) in [5, 5.41) is 13.5. The number of thiazole rings is 1. The van der Waals surface area contributed by atoms with Gasteiger partial charge in [0.25, 0.3) is 5.69 Å². The number of nitro groups is 1. The number of nitro benzene ring substituents is 1. The fourth-order valence-electron chi connectivity index (χ4n) is 2.97. The Bertz CT molecular complexity index is 1060. The number of aromatic nitrogens is 1. The van der Waals surface area contributed by atoms with Crippen molar-refractivity contribution in [2.24, 2.45) is 0 Å². The smallest absolute Gasteiger partial charge is 0.342 e. The standard InChI is InChI=1S/C21H20N2O6S/c1-4-29-21(24)16-10-9-15(19(27-2)20(16)28-3)17-12-30-18(22-17)11-13-5-7-14(8-6-13)23(25)26/h5-10,12H,4,11H2,1-3H3. The lowest BCUT2D eigenvalue weighted by molar-refractivity contribution is -0.384. The molecule has 0 spiro atoms. The van der Waals surface area contributed by atoms with Crippen molar-refractivity contribution in [3.05, 3.63) is 68.0 Å². The average Bonchev–Trinajstić information content (AvgIpc) is 3.21.